The minimum absolute atomic E-state index is 0.0611. The van der Waals surface area contributed by atoms with Crippen molar-refractivity contribution in [3.05, 3.63) is 47.4 Å². The zero-order valence-corrected chi connectivity index (χ0v) is 15.3. The molecule has 138 valence electrons. The minimum Gasteiger partial charge on any atom is -0.495 e. The maximum absolute atomic E-state index is 11.3. The first-order chi connectivity index (χ1) is 12.3. The number of ether oxygens (including phenoxy) is 1. The fourth-order valence-electron chi connectivity index (χ4n) is 2.73. The number of nitrogens with two attached hydrogens (primary N) is 2. The summed E-state index contributed by atoms with van der Waals surface area (Å²) in [4.78, 5) is 15.9. The Kier molecular flexibility index (Phi) is 6.16. The number of nitrogens with one attached hydrogen (secondary N) is 2. The number of anilines is 1. The van der Waals surface area contributed by atoms with Crippen LogP contribution in [0.25, 0.3) is 0 Å². The van der Waals surface area contributed by atoms with Crippen LogP contribution in [-0.4, -0.2) is 31.0 Å². The molecule has 1 unspecified atom stereocenters. The van der Waals surface area contributed by atoms with Crippen molar-refractivity contribution in [3.8, 4) is 0 Å². The number of nitrogen functional groups attached to an aromatic ring is 1. The molecule has 26 heavy (non-hydrogen) atoms. The molecule has 0 fully saturated rings. The molecule has 1 atom stereocenters. The molecule has 1 aliphatic rings. The third-order valence-corrected chi connectivity index (χ3v) is 4.17. The summed E-state index contributed by atoms with van der Waals surface area (Å²) in [5.41, 5.74) is 15.1. The number of allylic oxidation sites excluding steroid dienone is 2. The fraction of sp³-hybridized carbons (Fsp3) is 0.316. The first-order valence-corrected chi connectivity index (χ1v) is 8.40. The lowest BCUT2D eigenvalue weighted by Crippen LogP contribution is -2.26. The molecule has 0 aromatic heterocycles. The van der Waals surface area contributed by atoms with E-state index >= 15 is 0 Å². The lowest BCUT2D eigenvalue weighted by molar-refractivity contribution is -0.119. The predicted octanol–water partition coefficient (Wildman–Crippen LogP) is 2.38. The van der Waals surface area contributed by atoms with Crippen LogP contribution in [0.2, 0.25) is 0 Å². The Morgan fingerprint density at radius 3 is 2.69 bits per heavy atom. The average molecular weight is 355 g/mol. The van der Waals surface area contributed by atoms with Gasteiger partial charge in [0.2, 0.25) is 5.91 Å². The highest BCUT2D eigenvalue weighted by atomic mass is 16.5. The Hall–Kier alpha value is -3.09. The number of aliphatic imine (C=N–C) groups is 1. The van der Waals surface area contributed by atoms with Gasteiger partial charge in [0.1, 0.15) is 5.76 Å². The molecule has 0 bridgehead atoms. The molecule has 1 aromatic carbocycles. The van der Waals surface area contributed by atoms with E-state index in [9.17, 15) is 4.79 Å². The number of methoxy groups -OCH3 is 1. The Bertz CT molecular complexity index is 808. The van der Waals surface area contributed by atoms with Crippen molar-refractivity contribution in [1.29, 1.82) is 5.41 Å². The summed E-state index contributed by atoms with van der Waals surface area (Å²) in [5, 5.41) is 11.0. The molecule has 0 aliphatic heterocycles. The highest BCUT2D eigenvalue weighted by Gasteiger charge is 2.18. The number of amides is 1. The molecule has 7 nitrogen and oxygen atoms in total. The van der Waals surface area contributed by atoms with Crippen molar-refractivity contribution < 1.29 is 9.53 Å². The van der Waals surface area contributed by atoms with E-state index in [0.717, 1.165) is 12.0 Å². The van der Waals surface area contributed by atoms with Crippen molar-refractivity contribution in [2.75, 3.05) is 19.4 Å². The van der Waals surface area contributed by atoms with Gasteiger partial charge in [-0.15, -0.1) is 0 Å². The molecular weight excluding hydrogens is 330 g/mol. The first-order valence-electron chi connectivity index (χ1n) is 8.40. The van der Waals surface area contributed by atoms with Crippen molar-refractivity contribution >= 4 is 28.7 Å². The standard InChI is InChI=1S/C19H25N5O2/c1-4-12(10-23-11(2)25)14-7-13(20)5-6-17(14)24-18-9-19(26-3)16(22)8-15(18)21/h5-9,12,21H,4,10,20,22H2,1-3H3,(H,23,25). The van der Waals surface area contributed by atoms with Gasteiger partial charge in [0, 0.05) is 31.1 Å². The van der Waals surface area contributed by atoms with Crippen LogP contribution in [0.4, 0.5) is 11.4 Å². The second kappa shape index (κ2) is 8.33. The molecule has 1 aliphatic carbocycles. The Morgan fingerprint density at radius 2 is 2.08 bits per heavy atom. The van der Waals surface area contributed by atoms with E-state index in [0.29, 0.717) is 35.1 Å². The molecule has 6 N–H and O–H groups in total. The summed E-state index contributed by atoms with van der Waals surface area (Å²) in [5.74, 6) is 0.454. The largest absolute Gasteiger partial charge is 0.495 e. The molecule has 1 amide bonds. The van der Waals surface area contributed by atoms with Crippen LogP contribution in [0.3, 0.4) is 0 Å². The molecule has 0 saturated heterocycles. The number of hydrogen-bond acceptors (Lipinski definition) is 6. The molecule has 2 rings (SSSR count). The topological polar surface area (TPSA) is 127 Å². The maximum atomic E-state index is 11.3. The van der Waals surface area contributed by atoms with Crippen LogP contribution < -0.4 is 16.8 Å². The SMILES string of the molecule is CCC(CNC(C)=O)c1cc(N)ccc1N=C1C=C(OC)C(N)=CC1=N. The van der Waals surface area contributed by atoms with E-state index in [1.54, 1.807) is 12.1 Å². The van der Waals surface area contributed by atoms with Gasteiger partial charge in [-0.05, 0) is 36.3 Å². The quantitative estimate of drug-likeness (QED) is 0.461. The molecule has 0 heterocycles. The third kappa shape index (κ3) is 4.50. The van der Waals surface area contributed by atoms with Gasteiger partial charge in [-0.2, -0.15) is 0 Å². The Labute approximate surface area is 153 Å². The van der Waals surface area contributed by atoms with Gasteiger partial charge >= 0.3 is 0 Å². The highest BCUT2D eigenvalue weighted by molar-refractivity contribution is 6.50. The van der Waals surface area contributed by atoms with Crippen LogP contribution >= 0.6 is 0 Å². The number of rotatable bonds is 6. The van der Waals surface area contributed by atoms with Crippen LogP contribution in [0.5, 0.6) is 0 Å². The predicted molar refractivity (Wildman–Crippen MR) is 105 cm³/mol. The van der Waals surface area contributed by atoms with Crippen LogP contribution in [-0.2, 0) is 9.53 Å². The number of carbonyl (C=O) groups is 1. The highest BCUT2D eigenvalue weighted by Crippen LogP contribution is 2.31. The number of nitrogens with zero attached hydrogens (tertiary/aromatic N) is 1. The van der Waals surface area contributed by atoms with E-state index in [4.69, 9.17) is 21.6 Å². The molecule has 0 radical (unpaired) electrons. The van der Waals surface area contributed by atoms with Gasteiger partial charge < -0.3 is 21.5 Å². The fourth-order valence-corrected chi connectivity index (χ4v) is 2.73. The first kappa shape index (κ1) is 19.2. The van der Waals surface area contributed by atoms with Gasteiger partial charge in [0.05, 0.1) is 29.9 Å². The zero-order chi connectivity index (χ0) is 19.3. The van der Waals surface area contributed by atoms with E-state index in [-0.39, 0.29) is 17.5 Å². The molecule has 0 spiro atoms. The van der Waals surface area contributed by atoms with Crippen LogP contribution in [0.1, 0.15) is 31.7 Å². The van der Waals surface area contributed by atoms with Gasteiger partial charge in [-0.1, -0.05) is 6.92 Å². The second-order valence-corrected chi connectivity index (χ2v) is 6.08. The van der Waals surface area contributed by atoms with Gasteiger partial charge in [-0.3, -0.25) is 10.2 Å². The summed E-state index contributed by atoms with van der Waals surface area (Å²) in [6, 6.07) is 5.46. The smallest absolute Gasteiger partial charge is 0.216 e. The average Bonchev–Trinajstić information content (AvgIpc) is 2.59. The summed E-state index contributed by atoms with van der Waals surface area (Å²) < 4.78 is 5.23. The van der Waals surface area contributed by atoms with E-state index in [2.05, 4.69) is 10.3 Å². The van der Waals surface area contributed by atoms with Crippen molar-refractivity contribution in [1.82, 2.24) is 5.32 Å². The Balaban J connectivity index is 2.45. The normalized spacial score (nSPS) is 16.7. The Morgan fingerprint density at radius 1 is 1.35 bits per heavy atom. The summed E-state index contributed by atoms with van der Waals surface area (Å²) in [7, 11) is 1.52. The molecule has 1 aromatic rings. The monoisotopic (exact) mass is 355 g/mol. The lowest BCUT2D eigenvalue weighted by atomic mass is 9.94. The maximum Gasteiger partial charge on any atom is 0.216 e. The number of hydrogen-bond donors (Lipinski definition) is 4. The minimum atomic E-state index is -0.0810. The lowest BCUT2D eigenvalue weighted by Gasteiger charge is -2.19. The van der Waals surface area contributed by atoms with Crippen LogP contribution in [0.15, 0.2) is 46.8 Å². The molecule has 0 saturated carbocycles. The third-order valence-electron chi connectivity index (χ3n) is 4.17. The summed E-state index contributed by atoms with van der Waals surface area (Å²) >= 11 is 0. The molecule has 7 heteroatoms. The zero-order valence-electron chi connectivity index (χ0n) is 15.3. The second-order valence-electron chi connectivity index (χ2n) is 6.08. The summed E-state index contributed by atoms with van der Waals surface area (Å²) in [6.45, 7) is 4.03. The number of carbonyl (C=O) groups excluding carboxylic acids is 1. The van der Waals surface area contributed by atoms with Crippen LogP contribution in [0, 0.1) is 5.41 Å². The van der Waals surface area contributed by atoms with Crippen molar-refractivity contribution in [2.45, 2.75) is 26.2 Å². The van der Waals surface area contributed by atoms with Crippen molar-refractivity contribution in [2.24, 2.45) is 10.7 Å². The van der Waals surface area contributed by atoms with Gasteiger partial charge in [0.15, 0.2) is 0 Å². The summed E-state index contributed by atoms with van der Waals surface area (Å²) in [6.07, 6.45) is 3.97. The van der Waals surface area contributed by atoms with E-state index in [1.807, 2.05) is 19.1 Å². The molecular formula is C19H25N5O2. The van der Waals surface area contributed by atoms with Crippen molar-refractivity contribution in [3.63, 3.8) is 0 Å². The number of benzene rings is 1. The van der Waals surface area contributed by atoms with Gasteiger partial charge in [-0.25, -0.2) is 4.99 Å². The van der Waals surface area contributed by atoms with Gasteiger partial charge in [0.25, 0.3) is 0 Å². The van der Waals surface area contributed by atoms with E-state index in [1.165, 1.54) is 20.1 Å². The van der Waals surface area contributed by atoms with E-state index < -0.39 is 0 Å².